The number of aryl methyl sites for hydroxylation is 1. The molecule has 0 aliphatic heterocycles. The summed E-state index contributed by atoms with van der Waals surface area (Å²) in [4.78, 5) is 26.3. The standard InChI is InChI=1S/C17H15ClFNO4/c18-17-11(2-1-3-12(17)19)13-7-8-15(22)14(20-13)6-4-10(21)5-9-16(23)24/h1-3,7-8,22H,4-6,9H2,(H,23,24). The molecule has 0 saturated heterocycles. The summed E-state index contributed by atoms with van der Waals surface area (Å²) in [5, 5.41) is 18.3. The van der Waals surface area contributed by atoms with E-state index in [0.29, 0.717) is 11.3 Å². The van der Waals surface area contributed by atoms with Crippen LogP contribution in [0.4, 0.5) is 4.39 Å². The van der Waals surface area contributed by atoms with E-state index in [4.69, 9.17) is 16.7 Å². The molecule has 24 heavy (non-hydrogen) atoms. The Morgan fingerprint density at radius 2 is 1.88 bits per heavy atom. The van der Waals surface area contributed by atoms with E-state index in [1.165, 1.54) is 24.3 Å². The van der Waals surface area contributed by atoms with Crippen molar-refractivity contribution in [2.75, 3.05) is 0 Å². The van der Waals surface area contributed by atoms with Gasteiger partial charge in [0.2, 0.25) is 0 Å². The average Bonchev–Trinajstić information content (AvgIpc) is 2.55. The van der Waals surface area contributed by atoms with Crippen LogP contribution in [0, 0.1) is 5.82 Å². The molecule has 0 fully saturated rings. The molecule has 2 aromatic rings. The molecule has 2 N–H and O–H groups in total. The number of halogens is 2. The maximum Gasteiger partial charge on any atom is 0.303 e. The van der Waals surface area contributed by atoms with Gasteiger partial charge in [-0.05, 0) is 18.2 Å². The largest absolute Gasteiger partial charge is 0.506 e. The van der Waals surface area contributed by atoms with Crippen LogP contribution in [0.2, 0.25) is 5.02 Å². The van der Waals surface area contributed by atoms with Crippen molar-refractivity contribution in [1.29, 1.82) is 0 Å². The molecule has 0 spiro atoms. The van der Waals surface area contributed by atoms with Crippen LogP contribution >= 0.6 is 11.6 Å². The summed E-state index contributed by atoms with van der Waals surface area (Å²) in [7, 11) is 0. The van der Waals surface area contributed by atoms with Crippen LogP contribution in [0.25, 0.3) is 11.3 Å². The number of aliphatic carboxylic acids is 1. The quantitative estimate of drug-likeness (QED) is 0.795. The lowest BCUT2D eigenvalue weighted by atomic mass is 10.1. The first-order valence-electron chi connectivity index (χ1n) is 7.25. The van der Waals surface area contributed by atoms with Gasteiger partial charge < -0.3 is 10.2 Å². The normalized spacial score (nSPS) is 10.6. The first-order valence-corrected chi connectivity index (χ1v) is 7.63. The van der Waals surface area contributed by atoms with E-state index in [1.54, 1.807) is 6.07 Å². The lowest BCUT2D eigenvalue weighted by molar-refractivity contribution is -0.138. The van der Waals surface area contributed by atoms with Crippen molar-refractivity contribution in [2.45, 2.75) is 25.7 Å². The third-order valence-electron chi connectivity index (χ3n) is 3.44. The van der Waals surface area contributed by atoms with Gasteiger partial charge in [-0.1, -0.05) is 23.7 Å². The number of Topliss-reactive ketones (excluding diaryl/α,β-unsaturated/α-hetero) is 1. The van der Waals surface area contributed by atoms with E-state index in [9.17, 15) is 19.1 Å². The number of carboxylic acid groups (broad SMARTS) is 1. The van der Waals surface area contributed by atoms with Gasteiger partial charge in [0.15, 0.2) is 0 Å². The molecular weight excluding hydrogens is 337 g/mol. The third kappa shape index (κ3) is 4.52. The number of ketones is 1. The van der Waals surface area contributed by atoms with Crippen LogP contribution in [-0.4, -0.2) is 26.9 Å². The first-order chi connectivity index (χ1) is 11.4. The molecule has 1 aromatic heterocycles. The van der Waals surface area contributed by atoms with E-state index >= 15 is 0 Å². The molecule has 0 bridgehead atoms. The fourth-order valence-electron chi connectivity index (χ4n) is 2.16. The minimum atomic E-state index is -1.04. The minimum absolute atomic E-state index is 0.0637. The summed E-state index contributed by atoms with van der Waals surface area (Å²) >= 11 is 5.93. The lowest BCUT2D eigenvalue weighted by Crippen LogP contribution is -2.05. The third-order valence-corrected chi connectivity index (χ3v) is 3.82. The molecule has 1 aromatic carbocycles. The van der Waals surface area contributed by atoms with Gasteiger partial charge in [0.05, 0.1) is 22.8 Å². The highest BCUT2D eigenvalue weighted by Crippen LogP contribution is 2.30. The number of pyridine rings is 1. The van der Waals surface area contributed by atoms with Gasteiger partial charge in [-0.3, -0.25) is 9.59 Å². The Bertz CT molecular complexity index is 779. The Kier molecular flexibility index (Phi) is 5.87. The van der Waals surface area contributed by atoms with Gasteiger partial charge in [-0.25, -0.2) is 9.37 Å². The highest BCUT2D eigenvalue weighted by atomic mass is 35.5. The van der Waals surface area contributed by atoms with Gasteiger partial charge >= 0.3 is 5.97 Å². The number of carboxylic acids is 1. The Hall–Kier alpha value is -2.47. The number of hydrogen-bond acceptors (Lipinski definition) is 4. The van der Waals surface area contributed by atoms with Crippen molar-refractivity contribution in [3.8, 4) is 17.0 Å². The molecular formula is C17H15ClFNO4. The van der Waals surface area contributed by atoms with Gasteiger partial charge in [-0.2, -0.15) is 0 Å². The maximum absolute atomic E-state index is 13.5. The van der Waals surface area contributed by atoms with Crippen molar-refractivity contribution in [3.05, 3.63) is 46.9 Å². The fourth-order valence-corrected chi connectivity index (χ4v) is 2.38. The molecule has 126 valence electrons. The average molecular weight is 352 g/mol. The molecule has 2 rings (SSSR count). The Labute approximate surface area is 142 Å². The summed E-state index contributed by atoms with van der Waals surface area (Å²) in [6, 6.07) is 7.24. The summed E-state index contributed by atoms with van der Waals surface area (Å²) in [5.74, 6) is -1.92. The predicted octanol–water partition coefficient (Wildman–Crippen LogP) is 3.61. The minimum Gasteiger partial charge on any atom is -0.506 e. The second-order valence-corrected chi connectivity index (χ2v) is 5.57. The SMILES string of the molecule is O=C(O)CCC(=O)CCc1nc(-c2cccc(F)c2Cl)ccc1O. The highest BCUT2D eigenvalue weighted by molar-refractivity contribution is 6.33. The molecule has 7 heteroatoms. The second kappa shape index (κ2) is 7.88. The monoisotopic (exact) mass is 351 g/mol. The van der Waals surface area contributed by atoms with Crippen LogP contribution in [0.1, 0.15) is 25.0 Å². The van der Waals surface area contributed by atoms with Crippen molar-refractivity contribution in [3.63, 3.8) is 0 Å². The highest BCUT2D eigenvalue weighted by Gasteiger charge is 2.13. The Morgan fingerprint density at radius 1 is 1.12 bits per heavy atom. The topological polar surface area (TPSA) is 87.5 Å². The summed E-state index contributed by atoms with van der Waals surface area (Å²) in [6.07, 6.45) is -0.0675. The van der Waals surface area contributed by atoms with Crippen LogP contribution < -0.4 is 0 Å². The second-order valence-electron chi connectivity index (χ2n) is 5.20. The molecule has 0 unspecified atom stereocenters. The number of carbonyl (C=O) groups excluding carboxylic acids is 1. The maximum atomic E-state index is 13.5. The summed E-state index contributed by atoms with van der Waals surface area (Å²) in [5.41, 5.74) is 1.04. The molecule has 5 nitrogen and oxygen atoms in total. The van der Waals surface area contributed by atoms with E-state index in [0.717, 1.165) is 0 Å². The number of carbonyl (C=O) groups is 2. The van der Waals surface area contributed by atoms with Crippen molar-refractivity contribution in [2.24, 2.45) is 0 Å². The number of benzene rings is 1. The smallest absolute Gasteiger partial charge is 0.303 e. The zero-order valence-corrected chi connectivity index (χ0v) is 13.4. The molecule has 0 radical (unpaired) electrons. The molecule has 0 saturated carbocycles. The van der Waals surface area contributed by atoms with E-state index in [-0.39, 0.29) is 47.9 Å². The molecule has 0 amide bonds. The van der Waals surface area contributed by atoms with Crippen LogP contribution in [0.5, 0.6) is 5.75 Å². The number of hydrogen-bond donors (Lipinski definition) is 2. The Morgan fingerprint density at radius 3 is 2.58 bits per heavy atom. The fraction of sp³-hybridized carbons (Fsp3) is 0.235. The van der Waals surface area contributed by atoms with Crippen molar-refractivity contribution in [1.82, 2.24) is 4.98 Å². The van der Waals surface area contributed by atoms with E-state index < -0.39 is 11.8 Å². The van der Waals surface area contributed by atoms with E-state index in [2.05, 4.69) is 4.98 Å². The van der Waals surface area contributed by atoms with Gasteiger partial charge in [-0.15, -0.1) is 0 Å². The number of aromatic nitrogens is 1. The van der Waals surface area contributed by atoms with E-state index in [1.807, 2.05) is 0 Å². The predicted molar refractivity (Wildman–Crippen MR) is 86.5 cm³/mol. The van der Waals surface area contributed by atoms with Gasteiger partial charge in [0, 0.05) is 24.8 Å². The number of nitrogens with zero attached hydrogens (tertiary/aromatic N) is 1. The molecule has 1 heterocycles. The Balaban J connectivity index is 2.16. The van der Waals surface area contributed by atoms with Crippen LogP contribution in [0.15, 0.2) is 30.3 Å². The van der Waals surface area contributed by atoms with Gasteiger partial charge in [0.25, 0.3) is 0 Å². The van der Waals surface area contributed by atoms with Crippen molar-refractivity contribution < 1.29 is 24.2 Å². The number of rotatable bonds is 7. The molecule has 0 aliphatic carbocycles. The summed E-state index contributed by atoms with van der Waals surface area (Å²) < 4.78 is 13.5. The van der Waals surface area contributed by atoms with Crippen LogP contribution in [-0.2, 0) is 16.0 Å². The summed E-state index contributed by atoms with van der Waals surface area (Å²) in [6.45, 7) is 0. The molecule has 0 atom stereocenters. The lowest BCUT2D eigenvalue weighted by Gasteiger charge is -2.08. The van der Waals surface area contributed by atoms with Crippen LogP contribution in [0.3, 0.4) is 0 Å². The molecule has 0 aliphatic rings. The van der Waals surface area contributed by atoms with Crippen molar-refractivity contribution >= 4 is 23.4 Å². The van der Waals surface area contributed by atoms with Gasteiger partial charge in [0.1, 0.15) is 17.3 Å². The zero-order valence-electron chi connectivity index (χ0n) is 12.6. The first kappa shape index (κ1) is 17.9. The number of aromatic hydroxyl groups is 1. The zero-order chi connectivity index (χ0) is 17.7.